The SMILES string of the molecule is COC[C@@]1(O)CC[C@H]2[C@H](CC[C@@H]3[C@@H]2CC[C@]2(C)[C@@H](C(=O)Cc4ccc(C(F)(F)F)nc4C)CC[C@@H]32)C1. The van der Waals surface area contributed by atoms with Crippen LogP contribution in [0.3, 0.4) is 0 Å². The molecule has 1 heterocycles. The molecule has 1 aromatic heterocycles. The number of aromatic nitrogens is 1. The maximum absolute atomic E-state index is 13.5. The van der Waals surface area contributed by atoms with Gasteiger partial charge in [0.05, 0.1) is 12.2 Å². The average molecular weight is 508 g/mol. The highest BCUT2D eigenvalue weighted by atomic mass is 19.4. The topological polar surface area (TPSA) is 59.4 Å². The van der Waals surface area contributed by atoms with Crippen molar-refractivity contribution in [2.75, 3.05) is 13.7 Å². The van der Waals surface area contributed by atoms with Gasteiger partial charge in [-0.2, -0.15) is 13.2 Å². The average Bonchev–Trinajstić information content (AvgIpc) is 3.16. The van der Waals surface area contributed by atoms with Gasteiger partial charge in [0.25, 0.3) is 0 Å². The minimum Gasteiger partial charge on any atom is -0.387 e. The van der Waals surface area contributed by atoms with Crippen LogP contribution in [0.2, 0.25) is 0 Å². The quantitative estimate of drug-likeness (QED) is 0.518. The maximum atomic E-state index is 13.5. The summed E-state index contributed by atoms with van der Waals surface area (Å²) in [6, 6.07) is 2.43. The van der Waals surface area contributed by atoms with Crippen LogP contribution in [0, 0.1) is 47.8 Å². The zero-order valence-electron chi connectivity index (χ0n) is 21.7. The Bertz CT molecular complexity index is 996. The van der Waals surface area contributed by atoms with E-state index in [1.54, 1.807) is 14.0 Å². The lowest BCUT2D eigenvalue weighted by Crippen LogP contribution is -2.52. The zero-order valence-corrected chi connectivity index (χ0v) is 21.7. The summed E-state index contributed by atoms with van der Waals surface area (Å²) in [6.07, 6.45) is 4.90. The number of aryl methyl sites for hydroxylation is 1. The summed E-state index contributed by atoms with van der Waals surface area (Å²) in [5, 5.41) is 11.0. The highest BCUT2D eigenvalue weighted by Gasteiger charge is 2.59. The van der Waals surface area contributed by atoms with E-state index in [0.717, 1.165) is 57.4 Å². The van der Waals surface area contributed by atoms with Crippen molar-refractivity contribution < 1.29 is 27.8 Å². The first kappa shape index (κ1) is 26.1. The molecule has 4 fully saturated rings. The van der Waals surface area contributed by atoms with Crippen LogP contribution >= 0.6 is 0 Å². The van der Waals surface area contributed by atoms with E-state index in [4.69, 9.17) is 4.74 Å². The van der Waals surface area contributed by atoms with Crippen LogP contribution in [0.5, 0.6) is 0 Å². The summed E-state index contributed by atoms with van der Waals surface area (Å²) in [7, 11) is 1.66. The van der Waals surface area contributed by atoms with Crippen molar-refractivity contribution in [3.05, 3.63) is 29.1 Å². The molecule has 1 N–H and O–H groups in total. The number of alkyl halides is 3. The van der Waals surface area contributed by atoms with Gasteiger partial charge < -0.3 is 9.84 Å². The molecule has 8 atom stereocenters. The molecule has 7 heteroatoms. The Kier molecular flexibility index (Phi) is 6.81. The van der Waals surface area contributed by atoms with Crippen LogP contribution in [-0.4, -0.2) is 35.2 Å². The highest BCUT2D eigenvalue weighted by molar-refractivity contribution is 5.84. The standard InChI is InChI=1S/C29H40F3NO3/c1-17-18(5-9-26(33-17)29(30,31)32)14-25(34)24-8-7-23-22-6-4-19-15-28(35,16-36-3)13-11-20(19)21(22)10-12-27(23,24)2/h5,9,19-24,35H,4,6-8,10-16H2,1-3H3/t19-,20+,21-,22-,23+,24-,27+,28-/m1/s1. The molecule has 5 rings (SSSR count). The second-order valence-electron chi connectivity index (χ2n) is 12.6. The van der Waals surface area contributed by atoms with Crippen LogP contribution in [0.25, 0.3) is 0 Å². The van der Waals surface area contributed by atoms with Gasteiger partial charge in [-0.05, 0) is 111 Å². The molecular formula is C29H40F3NO3. The third-order valence-corrected chi connectivity index (χ3v) is 10.8. The number of nitrogens with zero attached hydrogens (tertiary/aromatic N) is 1. The summed E-state index contributed by atoms with van der Waals surface area (Å²) in [4.78, 5) is 17.3. The van der Waals surface area contributed by atoms with Gasteiger partial charge >= 0.3 is 6.18 Å². The van der Waals surface area contributed by atoms with Crippen LogP contribution in [0.1, 0.15) is 81.7 Å². The van der Waals surface area contributed by atoms with E-state index in [1.165, 1.54) is 12.5 Å². The number of pyridine rings is 1. The van der Waals surface area contributed by atoms with Gasteiger partial charge in [-0.25, -0.2) is 4.98 Å². The summed E-state index contributed by atoms with van der Waals surface area (Å²) in [5.74, 6) is 3.24. The van der Waals surface area contributed by atoms with Gasteiger partial charge in [0.1, 0.15) is 11.5 Å². The Morgan fingerprint density at radius 1 is 1.08 bits per heavy atom. The molecule has 0 spiro atoms. The number of aliphatic hydroxyl groups is 1. The summed E-state index contributed by atoms with van der Waals surface area (Å²) in [6.45, 7) is 4.30. The number of fused-ring (bicyclic) bond motifs is 5. The molecule has 4 aliphatic rings. The molecular weight excluding hydrogens is 467 g/mol. The fourth-order valence-electron chi connectivity index (χ4n) is 9.14. The van der Waals surface area contributed by atoms with Crippen LogP contribution in [0.4, 0.5) is 13.2 Å². The van der Waals surface area contributed by atoms with Crippen molar-refractivity contribution in [3.63, 3.8) is 0 Å². The largest absolute Gasteiger partial charge is 0.433 e. The predicted molar refractivity (Wildman–Crippen MR) is 130 cm³/mol. The number of rotatable bonds is 5. The lowest BCUT2D eigenvalue weighted by Gasteiger charge is -2.57. The minimum absolute atomic E-state index is 0.0240. The van der Waals surface area contributed by atoms with E-state index in [1.807, 2.05) is 0 Å². The molecule has 4 saturated carbocycles. The zero-order chi connectivity index (χ0) is 25.9. The Hall–Kier alpha value is -1.47. The van der Waals surface area contributed by atoms with Gasteiger partial charge in [0.15, 0.2) is 0 Å². The number of methoxy groups -OCH3 is 1. The van der Waals surface area contributed by atoms with E-state index in [9.17, 15) is 23.1 Å². The van der Waals surface area contributed by atoms with Gasteiger partial charge in [-0.1, -0.05) is 13.0 Å². The summed E-state index contributed by atoms with van der Waals surface area (Å²) >= 11 is 0. The maximum Gasteiger partial charge on any atom is 0.433 e. The van der Waals surface area contributed by atoms with E-state index in [2.05, 4.69) is 11.9 Å². The van der Waals surface area contributed by atoms with Crippen molar-refractivity contribution in [3.8, 4) is 0 Å². The lowest BCUT2D eigenvalue weighted by molar-refractivity contribution is -0.141. The van der Waals surface area contributed by atoms with Gasteiger partial charge in [-0.15, -0.1) is 0 Å². The Morgan fingerprint density at radius 2 is 1.83 bits per heavy atom. The van der Waals surface area contributed by atoms with Crippen LogP contribution in [-0.2, 0) is 22.1 Å². The number of Topliss-reactive ketones (excluding diaryl/α,β-unsaturated/α-hetero) is 1. The van der Waals surface area contributed by atoms with Gasteiger partial charge in [0, 0.05) is 25.1 Å². The minimum atomic E-state index is -4.47. The van der Waals surface area contributed by atoms with E-state index in [-0.39, 0.29) is 23.5 Å². The Labute approximate surface area is 212 Å². The monoisotopic (exact) mass is 507 g/mol. The van der Waals surface area contributed by atoms with Crippen molar-refractivity contribution in [2.45, 2.75) is 89.8 Å². The first-order chi connectivity index (χ1) is 16.9. The fourth-order valence-corrected chi connectivity index (χ4v) is 9.14. The summed E-state index contributed by atoms with van der Waals surface area (Å²) < 4.78 is 44.3. The van der Waals surface area contributed by atoms with Crippen molar-refractivity contribution >= 4 is 5.78 Å². The van der Waals surface area contributed by atoms with Crippen molar-refractivity contribution in [1.82, 2.24) is 4.98 Å². The molecule has 4 aliphatic carbocycles. The van der Waals surface area contributed by atoms with E-state index in [0.29, 0.717) is 47.5 Å². The van der Waals surface area contributed by atoms with Crippen molar-refractivity contribution in [1.29, 1.82) is 0 Å². The highest BCUT2D eigenvalue weighted by Crippen LogP contribution is 2.64. The molecule has 0 unspecified atom stereocenters. The van der Waals surface area contributed by atoms with Crippen molar-refractivity contribution in [2.24, 2.45) is 40.9 Å². The number of ketones is 1. The molecule has 0 bridgehead atoms. The lowest BCUT2D eigenvalue weighted by atomic mass is 9.49. The first-order valence-corrected chi connectivity index (χ1v) is 13.7. The number of halogens is 3. The van der Waals surface area contributed by atoms with E-state index >= 15 is 0 Å². The molecule has 4 nitrogen and oxygen atoms in total. The Morgan fingerprint density at radius 3 is 2.53 bits per heavy atom. The van der Waals surface area contributed by atoms with Crippen LogP contribution in [0.15, 0.2) is 12.1 Å². The Balaban J connectivity index is 1.27. The fraction of sp³-hybridized carbons (Fsp3) is 0.793. The van der Waals surface area contributed by atoms with E-state index < -0.39 is 17.5 Å². The second kappa shape index (κ2) is 9.37. The summed E-state index contributed by atoms with van der Waals surface area (Å²) in [5.41, 5.74) is -0.696. The number of carbonyl (C=O) groups is 1. The molecule has 200 valence electrons. The molecule has 0 aromatic carbocycles. The van der Waals surface area contributed by atoms with Crippen LogP contribution < -0.4 is 0 Å². The number of hydrogen-bond acceptors (Lipinski definition) is 4. The van der Waals surface area contributed by atoms with Gasteiger partial charge in [0.2, 0.25) is 0 Å². The third kappa shape index (κ3) is 4.53. The number of ether oxygens (including phenoxy) is 1. The number of carbonyl (C=O) groups excluding carboxylic acids is 1. The molecule has 36 heavy (non-hydrogen) atoms. The number of hydrogen-bond donors (Lipinski definition) is 1. The van der Waals surface area contributed by atoms with Gasteiger partial charge in [-0.3, -0.25) is 4.79 Å². The second-order valence-corrected chi connectivity index (χ2v) is 12.6. The molecule has 0 aliphatic heterocycles. The normalized spacial score (nSPS) is 40.3. The molecule has 0 radical (unpaired) electrons. The third-order valence-electron chi connectivity index (χ3n) is 10.8. The predicted octanol–water partition coefficient (Wildman–Crippen LogP) is 6.17. The first-order valence-electron chi connectivity index (χ1n) is 13.7. The molecule has 0 saturated heterocycles. The smallest absolute Gasteiger partial charge is 0.387 e. The molecule has 0 amide bonds. The molecule has 1 aromatic rings.